The lowest BCUT2D eigenvalue weighted by Crippen LogP contribution is -2.34. The number of aryl methyl sites for hydroxylation is 2. The fraction of sp³-hybridized carbons (Fsp3) is 0.368. The number of β-amino-alcohol motifs (C(OH)–C–C–N with tert-alkyl or cyclic N) is 1. The van der Waals surface area contributed by atoms with Crippen LogP contribution >= 0.6 is 12.4 Å². The Morgan fingerprint density at radius 1 is 1.13 bits per heavy atom. The first kappa shape index (κ1) is 17.6. The lowest BCUT2D eigenvalue weighted by molar-refractivity contribution is 0.112. The molecule has 0 aliphatic carbocycles. The zero-order valence-corrected chi connectivity index (χ0v) is 14.5. The average molecular weight is 334 g/mol. The van der Waals surface area contributed by atoms with Crippen LogP contribution in [0.5, 0.6) is 5.75 Å². The molecule has 1 aliphatic heterocycles. The van der Waals surface area contributed by atoms with Crippen LogP contribution in [0.3, 0.4) is 0 Å². The van der Waals surface area contributed by atoms with Gasteiger partial charge in [0.2, 0.25) is 0 Å². The molecule has 0 aromatic heterocycles. The molecule has 1 atom stereocenters. The Morgan fingerprint density at radius 3 is 2.70 bits per heavy atom. The summed E-state index contributed by atoms with van der Waals surface area (Å²) in [4.78, 5) is 2.24. The van der Waals surface area contributed by atoms with E-state index in [0.29, 0.717) is 13.2 Å². The van der Waals surface area contributed by atoms with Crippen LogP contribution in [-0.2, 0) is 6.42 Å². The van der Waals surface area contributed by atoms with Gasteiger partial charge in [0.15, 0.2) is 0 Å². The first-order chi connectivity index (χ1) is 10.6. The summed E-state index contributed by atoms with van der Waals surface area (Å²) in [5.74, 6) is 0.823. The van der Waals surface area contributed by atoms with E-state index in [1.807, 2.05) is 18.2 Å². The molecule has 2 aromatic rings. The second kappa shape index (κ2) is 7.71. The highest BCUT2D eigenvalue weighted by Crippen LogP contribution is 2.27. The van der Waals surface area contributed by atoms with Gasteiger partial charge in [-0.15, -0.1) is 12.4 Å². The van der Waals surface area contributed by atoms with E-state index in [2.05, 4.69) is 43.0 Å². The van der Waals surface area contributed by atoms with E-state index in [-0.39, 0.29) is 12.4 Å². The van der Waals surface area contributed by atoms with Crippen LogP contribution in [0, 0.1) is 13.8 Å². The number of anilines is 1. The number of hydrogen-bond donors (Lipinski definition) is 1. The predicted octanol–water partition coefficient (Wildman–Crippen LogP) is 3.53. The Labute approximate surface area is 144 Å². The van der Waals surface area contributed by atoms with Crippen LogP contribution in [-0.4, -0.2) is 30.9 Å². The molecule has 1 aliphatic rings. The van der Waals surface area contributed by atoms with E-state index in [9.17, 15) is 5.11 Å². The number of fused-ring (bicyclic) bond motifs is 1. The summed E-state index contributed by atoms with van der Waals surface area (Å²) in [5, 5.41) is 10.3. The van der Waals surface area contributed by atoms with E-state index in [4.69, 9.17) is 4.74 Å². The van der Waals surface area contributed by atoms with Crippen LogP contribution < -0.4 is 9.64 Å². The molecule has 0 saturated heterocycles. The molecule has 0 amide bonds. The molecule has 1 heterocycles. The first-order valence-electron chi connectivity index (χ1n) is 7.84. The van der Waals surface area contributed by atoms with Crippen LogP contribution in [0.25, 0.3) is 0 Å². The van der Waals surface area contributed by atoms with Crippen molar-refractivity contribution in [2.75, 3.05) is 24.6 Å². The SMILES string of the molecule is Cc1ccc(OCC(O)CN2CCc3ccccc32)cc1C.Cl. The summed E-state index contributed by atoms with van der Waals surface area (Å²) in [6, 6.07) is 14.4. The number of aliphatic hydroxyl groups is 1. The minimum absolute atomic E-state index is 0. The van der Waals surface area contributed by atoms with Gasteiger partial charge in [0.05, 0.1) is 0 Å². The highest BCUT2D eigenvalue weighted by atomic mass is 35.5. The average Bonchev–Trinajstić information content (AvgIpc) is 2.92. The van der Waals surface area contributed by atoms with E-state index in [1.54, 1.807) is 0 Å². The Morgan fingerprint density at radius 2 is 1.91 bits per heavy atom. The predicted molar refractivity (Wildman–Crippen MR) is 97.0 cm³/mol. The minimum Gasteiger partial charge on any atom is -0.491 e. The molecule has 4 heteroatoms. The number of hydrogen-bond acceptors (Lipinski definition) is 3. The molecule has 3 nitrogen and oxygen atoms in total. The summed E-state index contributed by atoms with van der Waals surface area (Å²) < 4.78 is 5.73. The number of halogens is 1. The van der Waals surface area contributed by atoms with Crippen LogP contribution in [0.1, 0.15) is 16.7 Å². The van der Waals surface area contributed by atoms with E-state index in [1.165, 1.54) is 22.4 Å². The lowest BCUT2D eigenvalue weighted by Gasteiger charge is -2.23. The number of benzene rings is 2. The van der Waals surface area contributed by atoms with Gasteiger partial charge in [-0.2, -0.15) is 0 Å². The summed E-state index contributed by atoms with van der Waals surface area (Å²) in [5.41, 5.74) is 5.07. The third-order valence-corrected chi connectivity index (χ3v) is 4.34. The molecule has 0 spiro atoms. The van der Waals surface area contributed by atoms with Crippen molar-refractivity contribution in [2.45, 2.75) is 26.4 Å². The molecule has 0 radical (unpaired) electrons. The molecular weight excluding hydrogens is 310 g/mol. The van der Waals surface area contributed by atoms with E-state index in [0.717, 1.165) is 18.7 Å². The zero-order valence-electron chi connectivity index (χ0n) is 13.7. The van der Waals surface area contributed by atoms with Crippen LogP contribution in [0.15, 0.2) is 42.5 Å². The number of aliphatic hydroxyl groups excluding tert-OH is 1. The van der Waals surface area contributed by atoms with Gasteiger partial charge < -0.3 is 14.7 Å². The smallest absolute Gasteiger partial charge is 0.119 e. The Hall–Kier alpha value is -1.71. The molecule has 0 bridgehead atoms. The number of rotatable bonds is 5. The molecular formula is C19H24ClNO2. The van der Waals surface area contributed by atoms with Crippen molar-refractivity contribution in [2.24, 2.45) is 0 Å². The van der Waals surface area contributed by atoms with Crippen molar-refractivity contribution in [3.63, 3.8) is 0 Å². The van der Waals surface area contributed by atoms with Gasteiger partial charge >= 0.3 is 0 Å². The molecule has 1 N–H and O–H groups in total. The number of ether oxygens (including phenoxy) is 1. The lowest BCUT2D eigenvalue weighted by atomic mass is 10.1. The normalized spacial score (nSPS) is 14.1. The second-order valence-electron chi connectivity index (χ2n) is 6.04. The minimum atomic E-state index is -0.493. The first-order valence-corrected chi connectivity index (χ1v) is 7.84. The molecule has 0 fully saturated rings. The van der Waals surface area contributed by atoms with Crippen molar-refractivity contribution < 1.29 is 9.84 Å². The van der Waals surface area contributed by atoms with E-state index >= 15 is 0 Å². The Balaban J connectivity index is 0.00000192. The van der Waals surface area contributed by atoms with Gasteiger partial charge in [0.1, 0.15) is 18.5 Å². The summed E-state index contributed by atoms with van der Waals surface area (Å²) in [6.07, 6.45) is 0.564. The maximum atomic E-state index is 10.3. The van der Waals surface area contributed by atoms with Crippen LogP contribution in [0.4, 0.5) is 5.69 Å². The fourth-order valence-electron chi connectivity index (χ4n) is 2.90. The standard InChI is InChI=1S/C19H23NO2.ClH/c1-14-7-8-18(11-15(14)2)22-13-17(21)12-20-10-9-16-5-3-4-6-19(16)20;/h3-8,11,17,21H,9-10,12-13H2,1-2H3;1H. The van der Waals surface area contributed by atoms with Gasteiger partial charge in [-0.3, -0.25) is 0 Å². The van der Waals surface area contributed by atoms with Crippen molar-refractivity contribution in [3.05, 3.63) is 59.2 Å². The Bertz CT molecular complexity index is 660. The maximum absolute atomic E-state index is 10.3. The van der Waals surface area contributed by atoms with Crippen molar-refractivity contribution in [1.29, 1.82) is 0 Å². The van der Waals surface area contributed by atoms with Gasteiger partial charge in [-0.05, 0) is 55.2 Å². The molecule has 124 valence electrons. The van der Waals surface area contributed by atoms with Crippen LogP contribution in [0.2, 0.25) is 0 Å². The van der Waals surface area contributed by atoms with Crippen molar-refractivity contribution in [3.8, 4) is 5.75 Å². The third kappa shape index (κ3) is 4.18. The quantitative estimate of drug-likeness (QED) is 0.908. The van der Waals surface area contributed by atoms with Gasteiger partial charge in [0.25, 0.3) is 0 Å². The molecule has 1 unspecified atom stereocenters. The van der Waals surface area contributed by atoms with Crippen molar-refractivity contribution in [1.82, 2.24) is 0 Å². The van der Waals surface area contributed by atoms with Gasteiger partial charge in [0, 0.05) is 18.8 Å². The second-order valence-corrected chi connectivity index (χ2v) is 6.04. The van der Waals surface area contributed by atoms with Gasteiger partial charge in [-0.25, -0.2) is 0 Å². The third-order valence-electron chi connectivity index (χ3n) is 4.34. The number of para-hydroxylation sites is 1. The largest absolute Gasteiger partial charge is 0.491 e. The van der Waals surface area contributed by atoms with Gasteiger partial charge in [-0.1, -0.05) is 24.3 Å². The molecule has 3 rings (SSSR count). The molecule has 23 heavy (non-hydrogen) atoms. The summed E-state index contributed by atoms with van der Waals surface area (Å²) in [7, 11) is 0. The number of nitrogens with zero attached hydrogens (tertiary/aromatic N) is 1. The molecule has 0 saturated carbocycles. The fourth-order valence-corrected chi connectivity index (χ4v) is 2.90. The highest BCUT2D eigenvalue weighted by Gasteiger charge is 2.20. The monoisotopic (exact) mass is 333 g/mol. The van der Waals surface area contributed by atoms with E-state index < -0.39 is 6.10 Å². The zero-order chi connectivity index (χ0) is 15.5. The highest BCUT2D eigenvalue weighted by molar-refractivity contribution is 5.85. The molecule has 2 aromatic carbocycles. The van der Waals surface area contributed by atoms with Crippen molar-refractivity contribution >= 4 is 18.1 Å². The topological polar surface area (TPSA) is 32.7 Å². The summed E-state index contributed by atoms with van der Waals surface area (Å²) >= 11 is 0. The Kier molecular flexibility index (Phi) is 5.91. The maximum Gasteiger partial charge on any atom is 0.119 e. The summed E-state index contributed by atoms with van der Waals surface area (Å²) in [6.45, 7) is 6.06.